The van der Waals surface area contributed by atoms with Gasteiger partial charge in [0.1, 0.15) is 36.5 Å². The molecule has 42 heavy (non-hydrogen) atoms. The molecule has 0 saturated carbocycles. The van der Waals surface area contributed by atoms with Crippen molar-refractivity contribution in [1.29, 1.82) is 0 Å². The van der Waals surface area contributed by atoms with Gasteiger partial charge in [0.15, 0.2) is 23.2 Å². The predicted molar refractivity (Wildman–Crippen MR) is 150 cm³/mol. The van der Waals surface area contributed by atoms with Crippen LogP contribution in [0.25, 0.3) is 0 Å². The summed E-state index contributed by atoms with van der Waals surface area (Å²) in [6.07, 6.45) is -3.35. The lowest BCUT2D eigenvalue weighted by Gasteiger charge is -2.44. The Morgan fingerprint density at radius 3 is 2.12 bits per heavy atom. The van der Waals surface area contributed by atoms with Gasteiger partial charge in [0.05, 0.1) is 0 Å². The lowest BCUT2D eigenvalue weighted by atomic mass is 9.87. The molecule has 2 aromatic rings. The van der Waals surface area contributed by atoms with E-state index in [1.807, 2.05) is 24.3 Å². The van der Waals surface area contributed by atoms with Crippen LogP contribution < -0.4 is 10.1 Å². The van der Waals surface area contributed by atoms with Gasteiger partial charge in [0.2, 0.25) is 5.91 Å². The zero-order chi connectivity index (χ0) is 31.2. The Hall–Kier alpha value is -3.65. The molecule has 1 saturated heterocycles. The highest BCUT2D eigenvalue weighted by atomic mass is 32.2. The van der Waals surface area contributed by atoms with E-state index < -0.39 is 53.6 Å². The number of aromatic nitrogens is 3. The molecule has 3 rings (SSSR count). The van der Waals surface area contributed by atoms with Crippen LogP contribution in [0.15, 0.2) is 29.4 Å². The van der Waals surface area contributed by atoms with Gasteiger partial charge in [-0.1, -0.05) is 44.7 Å². The number of ether oxygens (including phenoxy) is 5. The Kier molecular flexibility index (Phi) is 11.0. The number of hydrogen-bond donors (Lipinski definition) is 1. The SMILES string of the molecule is CC(=O)N[C@H]1[C@@H](OC(C)=O)[C@H](OC(C)=O)[C@@H](COC(C)=O)O[C@H]1Sc1nnc(COc2ccc(C(C)(C)C)cc2)n1C. The van der Waals surface area contributed by atoms with E-state index in [1.54, 1.807) is 11.6 Å². The molecule has 1 amide bonds. The van der Waals surface area contributed by atoms with Gasteiger partial charge >= 0.3 is 17.9 Å². The first-order valence-corrected chi connectivity index (χ1v) is 14.2. The van der Waals surface area contributed by atoms with Crippen LogP contribution in [-0.2, 0) is 57.2 Å². The molecule has 14 heteroatoms. The van der Waals surface area contributed by atoms with Crippen molar-refractivity contribution < 1.29 is 42.9 Å². The third kappa shape index (κ3) is 8.92. The maximum absolute atomic E-state index is 12.2. The van der Waals surface area contributed by atoms with E-state index in [0.29, 0.717) is 16.7 Å². The second-order valence-corrected chi connectivity index (χ2v) is 11.9. The van der Waals surface area contributed by atoms with Crippen molar-refractivity contribution >= 4 is 35.6 Å². The van der Waals surface area contributed by atoms with Crippen LogP contribution in [0, 0.1) is 0 Å². The van der Waals surface area contributed by atoms with Crippen molar-refractivity contribution in [3.8, 4) is 5.75 Å². The fraction of sp³-hybridized carbons (Fsp3) is 0.571. The van der Waals surface area contributed by atoms with Crippen LogP contribution in [0.4, 0.5) is 0 Å². The molecule has 1 aliphatic heterocycles. The molecule has 1 aromatic carbocycles. The number of nitrogens with zero attached hydrogens (tertiary/aromatic N) is 3. The number of nitrogens with one attached hydrogen (secondary N) is 1. The first-order chi connectivity index (χ1) is 19.6. The second kappa shape index (κ2) is 14.0. The van der Waals surface area contributed by atoms with E-state index in [1.165, 1.54) is 33.3 Å². The van der Waals surface area contributed by atoms with Crippen molar-refractivity contribution in [2.75, 3.05) is 6.61 Å². The average molecular weight is 607 g/mol. The topological polar surface area (TPSA) is 157 Å². The van der Waals surface area contributed by atoms with E-state index in [9.17, 15) is 19.2 Å². The van der Waals surface area contributed by atoms with E-state index in [0.717, 1.165) is 11.8 Å². The predicted octanol–water partition coefficient (Wildman–Crippen LogP) is 2.44. The standard InChI is InChI=1S/C28H38N4O9S/c1-15(33)29-23-25(40-18(4)36)24(39-17(3)35)21(13-37-16(2)34)41-26(23)42-27-31-30-22(32(27)8)14-38-20-11-9-19(10-12-20)28(5,6)7/h9-12,21,23-26H,13-14H2,1-8H3,(H,29,33)/t21-,23+,24-,25-,26+/m1/s1. The second-order valence-electron chi connectivity index (χ2n) is 10.9. The van der Waals surface area contributed by atoms with Crippen molar-refractivity contribution in [3.63, 3.8) is 0 Å². The summed E-state index contributed by atoms with van der Waals surface area (Å²) in [5, 5.41) is 11.7. The Labute approximate surface area is 248 Å². The minimum absolute atomic E-state index is 0.0222. The number of thioether (sulfide) groups is 1. The summed E-state index contributed by atoms with van der Waals surface area (Å²) in [6, 6.07) is 6.87. The van der Waals surface area contributed by atoms with Crippen LogP contribution in [0.2, 0.25) is 0 Å². The lowest BCUT2D eigenvalue weighted by molar-refractivity contribution is -0.211. The molecule has 0 bridgehead atoms. The maximum Gasteiger partial charge on any atom is 0.303 e. The fourth-order valence-corrected chi connectivity index (χ4v) is 5.39. The Bertz CT molecular complexity index is 1280. The molecular formula is C28H38N4O9S. The van der Waals surface area contributed by atoms with Crippen LogP contribution in [0.1, 0.15) is 59.9 Å². The number of benzene rings is 1. The molecule has 5 atom stereocenters. The normalized spacial score (nSPS) is 22.1. The summed E-state index contributed by atoms with van der Waals surface area (Å²) in [5.74, 6) is -1.16. The lowest BCUT2D eigenvalue weighted by Crippen LogP contribution is -2.65. The molecule has 1 N–H and O–H groups in total. The summed E-state index contributed by atoms with van der Waals surface area (Å²) in [7, 11) is 1.75. The summed E-state index contributed by atoms with van der Waals surface area (Å²) < 4.78 is 30.0. The molecule has 1 aliphatic rings. The zero-order valence-corrected chi connectivity index (χ0v) is 25.9. The van der Waals surface area contributed by atoms with E-state index >= 15 is 0 Å². The molecule has 0 unspecified atom stereocenters. The van der Waals surface area contributed by atoms with Crippen LogP contribution in [-0.4, -0.2) is 75.0 Å². The summed E-state index contributed by atoms with van der Waals surface area (Å²) in [4.78, 5) is 47.8. The Morgan fingerprint density at radius 1 is 0.952 bits per heavy atom. The first kappa shape index (κ1) is 32.9. The van der Waals surface area contributed by atoms with E-state index in [-0.39, 0.29) is 18.6 Å². The van der Waals surface area contributed by atoms with Gasteiger partial charge in [-0.05, 0) is 23.1 Å². The number of amides is 1. The average Bonchev–Trinajstić information content (AvgIpc) is 3.22. The maximum atomic E-state index is 12.2. The number of rotatable bonds is 10. The molecule has 0 spiro atoms. The summed E-state index contributed by atoms with van der Waals surface area (Å²) in [5.41, 5.74) is 0.296. The highest BCUT2D eigenvalue weighted by Crippen LogP contribution is 2.35. The van der Waals surface area contributed by atoms with Crippen LogP contribution in [0.3, 0.4) is 0 Å². The van der Waals surface area contributed by atoms with E-state index in [4.69, 9.17) is 23.7 Å². The quantitative estimate of drug-likeness (QED) is 0.312. The Balaban J connectivity index is 1.85. The molecule has 13 nitrogen and oxygen atoms in total. The molecular weight excluding hydrogens is 568 g/mol. The van der Waals surface area contributed by atoms with Crippen molar-refractivity contribution in [2.24, 2.45) is 7.05 Å². The summed E-state index contributed by atoms with van der Waals surface area (Å²) >= 11 is 1.10. The minimum atomic E-state index is -1.17. The van der Waals surface area contributed by atoms with Gasteiger partial charge in [0, 0.05) is 34.7 Å². The Morgan fingerprint density at radius 2 is 1.57 bits per heavy atom. The first-order valence-electron chi connectivity index (χ1n) is 13.3. The van der Waals surface area contributed by atoms with Gasteiger partial charge in [-0.3, -0.25) is 19.2 Å². The van der Waals surface area contributed by atoms with E-state index in [2.05, 4.69) is 36.3 Å². The molecule has 1 aromatic heterocycles. The van der Waals surface area contributed by atoms with Gasteiger partial charge in [0.25, 0.3) is 0 Å². The molecule has 230 valence electrons. The minimum Gasteiger partial charge on any atom is -0.486 e. The molecule has 2 heterocycles. The van der Waals surface area contributed by atoms with Gasteiger partial charge < -0.3 is 33.6 Å². The zero-order valence-electron chi connectivity index (χ0n) is 25.0. The number of carbonyl (C=O) groups is 4. The molecule has 1 fully saturated rings. The largest absolute Gasteiger partial charge is 0.486 e. The van der Waals surface area contributed by atoms with Gasteiger partial charge in [-0.25, -0.2) is 0 Å². The van der Waals surface area contributed by atoms with Crippen LogP contribution >= 0.6 is 11.8 Å². The van der Waals surface area contributed by atoms with Gasteiger partial charge in [-0.15, -0.1) is 10.2 Å². The number of hydrogen-bond acceptors (Lipinski definition) is 12. The van der Waals surface area contributed by atoms with Crippen molar-refractivity contribution in [3.05, 3.63) is 35.7 Å². The fourth-order valence-electron chi connectivity index (χ4n) is 4.27. The van der Waals surface area contributed by atoms with Crippen LogP contribution in [0.5, 0.6) is 5.75 Å². The van der Waals surface area contributed by atoms with Gasteiger partial charge in [-0.2, -0.15) is 0 Å². The summed E-state index contributed by atoms with van der Waals surface area (Å²) in [6.45, 7) is 11.2. The smallest absolute Gasteiger partial charge is 0.303 e. The third-order valence-electron chi connectivity index (χ3n) is 6.31. The van der Waals surface area contributed by atoms with Crippen molar-refractivity contribution in [1.82, 2.24) is 20.1 Å². The highest BCUT2D eigenvalue weighted by molar-refractivity contribution is 7.99. The molecule has 0 radical (unpaired) electrons. The monoisotopic (exact) mass is 606 g/mol. The molecule has 0 aliphatic carbocycles. The number of carbonyl (C=O) groups excluding carboxylic acids is 4. The van der Waals surface area contributed by atoms with Crippen molar-refractivity contribution in [2.45, 2.75) is 95.4 Å². The number of esters is 3. The highest BCUT2D eigenvalue weighted by Gasteiger charge is 2.51. The third-order valence-corrected chi connectivity index (χ3v) is 7.51.